The minimum Gasteiger partial charge on any atom is -0.466 e. The molecule has 2 aliphatic heterocycles. The number of aromatic nitrogens is 1. The van der Waals surface area contributed by atoms with E-state index >= 15 is 0 Å². The smallest absolute Gasteiger partial charge is 0.337 e. The molecular weight excluding hydrogens is 322 g/mol. The van der Waals surface area contributed by atoms with Crippen molar-refractivity contribution in [3.05, 3.63) is 27.9 Å². The molecule has 3 rings (SSSR count). The van der Waals surface area contributed by atoms with Crippen LogP contribution >= 0.6 is 23.5 Å². The lowest BCUT2D eigenvalue weighted by molar-refractivity contribution is -0.136. The molecule has 3 heterocycles. The number of ether oxygens (including phenoxy) is 1. The van der Waals surface area contributed by atoms with Gasteiger partial charge in [-0.15, -0.1) is 11.3 Å². The number of esters is 1. The fourth-order valence-electron chi connectivity index (χ4n) is 2.61. The van der Waals surface area contributed by atoms with Gasteiger partial charge in [-0.1, -0.05) is 0 Å². The van der Waals surface area contributed by atoms with Crippen LogP contribution < -0.4 is 9.44 Å². The van der Waals surface area contributed by atoms with Crippen LogP contribution in [0.4, 0.5) is 0 Å². The summed E-state index contributed by atoms with van der Waals surface area (Å²) in [5.41, 5.74) is 1.63. The Bertz CT molecular complexity index is 614. The molecule has 1 saturated heterocycles. The van der Waals surface area contributed by atoms with Gasteiger partial charge in [0.05, 0.1) is 19.2 Å². The van der Waals surface area contributed by atoms with Gasteiger partial charge in [-0.3, -0.25) is 9.71 Å². The molecule has 1 aromatic heterocycles. The van der Waals surface area contributed by atoms with Crippen molar-refractivity contribution in [3.8, 4) is 0 Å². The van der Waals surface area contributed by atoms with Crippen LogP contribution in [-0.4, -0.2) is 55.0 Å². The second kappa shape index (κ2) is 6.78. The number of rotatable bonds is 5. The van der Waals surface area contributed by atoms with Gasteiger partial charge in [-0.25, -0.2) is 14.5 Å². The number of carbonyl (C=O) groups is 1. The van der Waals surface area contributed by atoms with Crippen molar-refractivity contribution >= 4 is 35.3 Å². The highest BCUT2D eigenvalue weighted by atomic mass is 32.2. The Morgan fingerprint density at radius 3 is 3.14 bits per heavy atom. The number of fused-ring (bicyclic) bond motifs is 1. The van der Waals surface area contributed by atoms with E-state index in [9.17, 15) is 4.79 Å². The molecule has 7 nitrogen and oxygen atoms in total. The van der Waals surface area contributed by atoms with E-state index in [-0.39, 0.29) is 12.0 Å². The zero-order valence-corrected chi connectivity index (χ0v) is 14.0. The molecule has 22 heavy (non-hydrogen) atoms. The third-order valence-electron chi connectivity index (χ3n) is 3.54. The first-order chi connectivity index (χ1) is 10.7. The molecule has 0 aromatic carbocycles. The van der Waals surface area contributed by atoms with Crippen molar-refractivity contribution in [1.29, 1.82) is 0 Å². The molecule has 118 valence electrons. The Hall–Kier alpha value is -1.42. The van der Waals surface area contributed by atoms with Crippen LogP contribution in [-0.2, 0) is 9.53 Å². The third-order valence-corrected chi connectivity index (χ3v) is 4.97. The van der Waals surface area contributed by atoms with E-state index in [0.29, 0.717) is 12.1 Å². The predicted octanol–water partition coefficient (Wildman–Crippen LogP) is 0.777. The van der Waals surface area contributed by atoms with Crippen LogP contribution in [0.5, 0.6) is 0 Å². The molecule has 0 saturated carbocycles. The van der Waals surface area contributed by atoms with Crippen molar-refractivity contribution in [2.45, 2.75) is 12.5 Å². The summed E-state index contributed by atoms with van der Waals surface area (Å²) in [5, 5.41) is 2.81. The second-order valence-corrected chi connectivity index (χ2v) is 6.57. The van der Waals surface area contributed by atoms with E-state index in [1.165, 1.54) is 19.2 Å². The fourth-order valence-corrected chi connectivity index (χ4v) is 3.71. The number of nitrogens with zero attached hydrogens (tertiary/aromatic N) is 3. The number of hydrogen-bond donors (Lipinski definition) is 2. The van der Waals surface area contributed by atoms with Gasteiger partial charge in [0, 0.05) is 48.4 Å². The maximum Gasteiger partial charge on any atom is 0.337 e. The van der Waals surface area contributed by atoms with Gasteiger partial charge in [0.1, 0.15) is 0 Å². The first-order valence-corrected chi connectivity index (χ1v) is 8.54. The summed E-state index contributed by atoms with van der Waals surface area (Å²) in [7, 11) is 3.27. The molecule has 9 heteroatoms. The van der Waals surface area contributed by atoms with E-state index in [4.69, 9.17) is 4.74 Å². The molecule has 2 N–H and O–H groups in total. The normalized spacial score (nSPS) is 20.9. The van der Waals surface area contributed by atoms with Gasteiger partial charge >= 0.3 is 5.97 Å². The summed E-state index contributed by atoms with van der Waals surface area (Å²) in [5.74, 6) is 0.542. The average Bonchev–Trinajstić information content (AvgIpc) is 3.20. The van der Waals surface area contributed by atoms with Crippen LogP contribution in [0.15, 0.2) is 27.8 Å². The van der Waals surface area contributed by atoms with E-state index in [2.05, 4.69) is 24.3 Å². The Balaban J connectivity index is 1.89. The van der Waals surface area contributed by atoms with E-state index in [0.717, 1.165) is 29.5 Å². The van der Waals surface area contributed by atoms with Gasteiger partial charge in [0.15, 0.2) is 10.8 Å². The number of carbonyl (C=O) groups excluding carboxylic acids is 1. The maximum atomic E-state index is 12.0. The lowest BCUT2D eigenvalue weighted by atomic mass is 10.1. The van der Waals surface area contributed by atoms with Crippen LogP contribution in [0.25, 0.3) is 0 Å². The van der Waals surface area contributed by atoms with Crippen molar-refractivity contribution < 1.29 is 9.53 Å². The first-order valence-electron chi connectivity index (χ1n) is 6.85. The summed E-state index contributed by atoms with van der Waals surface area (Å²) in [6, 6.07) is 0.232. The van der Waals surface area contributed by atoms with Gasteiger partial charge in [-0.05, 0) is 7.05 Å². The van der Waals surface area contributed by atoms with Crippen LogP contribution in [0.1, 0.15) is 11.4 Å². The van der Waals surface area contributed by atoms with Crippen LogP contribution in [0, 0.1) is 0 Å². The van der Waals surface area contributed by atoms with Crippen molar-refractivity contribution in [1.82, 2.24) is 19.3 Å². The number of hydrogen-bond acceptors (Lipinski definition) is 9. The fraction of sp³-hybridized carbons (Fsp3) is 0.462. The molecule has 0 spiro atoms. The average molecular weight is 339 g/mol. The minimum absolute atomic E-state index is 0.232. The summed E-state index contributed by atoms with van der Waals surface area (Å²) < 4.78 is 11.2. The topological polar surface area (TPSA) is 78.8 Å². The van der Waals surface area contributed by atoms with Crippen LogP contribution in [0.3, 0.4) is 0 Å². The standard InChI is InChI=1S/C13H17N5O2S2/c1-14-22-17-8-5-10-9(13(19)20-2)6-16-11(18(10)7-8)12-15-3-4-21-12/h3-4,8,14,17H,5-7H2,1-2H3/t8-/m0/s1. The lowest BCUT2D eigenvalue weighted by Gasteiger charge is -2.26. The number of methoxy groups -OCH3 is 1. The minimum atomic E-state index is -0.302. The van der Waals surface area contributed by atoms with E-state index in [1.807, 2.05) is 12.4 Å². The number of amidine groups is 1. The SMILES string of the molecule is CNSN[C@H]1CC2=C(C(=O)OC)CN=C(c3nccs3)N2C1. The highest BCUT2D eigenvalue weighted by molar-refractivity contribution is 7.95. The van der Waals surface area contributed by atoms with Crippen LogP contribution in [0.2, 0.25) is 0 Å². The summed E-state index contributed by atoms with van der Waals surface area (Å²) in [6.45, 7) is 1.10. The summed E-state index contributed by atoms with van der Waals surface area (Å²) in [4.78, 5) is 23.0. The monoisotopic (exact) mass is 339 g/mol. The first kappa shape index (κ1) is 15.5. The van der Waals surface area contributed by atoms with E-state index in [1.54, 1.807) is 17.5 Å². The molecule has 0 amide bonds. The number of aliphatic imine (C=N–C) groups is 1. The molecule has 0 bridgehead atoms. The Kier molecular flexibility index (Phi) is 4.77. The quantitative estimate of drug-likeness (QED) is 0.606. The summed E-state index contributed by atoms with van der Waals surface area (Å²) in [6.07, 6.45) is 2.54. The zero-order valence-electron chi connectivity index (χ0n) is 12.3. The Labute approximate surface area is 137 Å². The lowest BCUT2D eigenvalue weighted by Crippen LogP contribution is -2.36. The van der Waals surface area contributed by atoms with Gasteiger partial charge < -0.3 is 9.64 Å². The highest BCUT2D eigenvalue weighted by Crippen LogP contribution is 2.31. The van der Waals surface area contributed by atoms with Gasteiger partial charge in [0.2, 0.25) is 0 Å². The largest absolute Gasteiger partial charge is 0.466 e. The highest BCUT2D eigenvalue weighted by Gasteiger charge is 2.37. The number of nitrogens with one attached hydrogen (secondary N) is 2. The molecule has 1 atom stereocenters. The van der Waals surface area contributed by atoms with E-state index < -0.39 is 0 Å². The number of thiazole rings is 1. The van der Waals surface area contributed by atoms with Crippen molar-refractivity contribution in [3.63, 3.8) is 0 Å². The molecule has 0 radical (unpaired) electrons. The maximum absolute atomic E-state index is 12.0. The molecule has 1 fully saturated rings. The Morgan fingerprint density at radius 2 is 2.45 bits per heavy atom. The predicted molar refractivity (Wildman–Crippen MR) is 87.5 cm³/mol. The second-order valence-electron chi connectivity index (χ2n) is 4.83. The van der Waals surface area contributed by atoms with Crippen molar-refractivity contribution in [2.24, 2.45) is 4.99 Å². The summed E-state index contributed by atoms with van der Waals surface area (Å²) >= 11 is 3.00. The molecule has 0 aliphatic carbocycles. The van der Waals surface area contributed by atoms with Crippen molar-refractivity contribution in [2.75, 3.05) is 27.2 Å². The van der Waals surface area contributed by atoms with Gasteiger partial charge in [-0.2, -0.15) is 0 Å². The van der Waals surface area contributed by atoms with Gasteiger partial charge in [0.25, 0.3) is 0 Å². The third kappa shape index (κ3) is 2.89. The molecule has 2 aliphatic rings. The molecule has 1 aromatic rings. The molecular formula is C13H17N5O2S2. The Morgan fingerprint density at radius 1 is 1.59 bits per heavy atom. The molecule has 0 unspecified atom stereocenters. The zero-order chi connectivity index (χ0) is 15.5.